The van der Waals surface area contributed by atoms with Gasteiger partial charge in [-0.05, 0) is 74.0 Å². The van der Waals surface area contributed by atoms with Crippen molar-refractivity contribution in [2.75, 3.05) is 5.32 Å². The van der Waals surface area contributed by atoms with Crippen LogP contribution in [0.5, 0.6) is 0 Å². The Bertz CT molecular complexity index is 1690. The maximum Gasteiger partial charge on any atom is 0.330 e. The lowest BCUT2D eigenvalue weighted by Gasteiger charge is -2.71. The van der Waals surface area contributed by atoms with E-state index in [9.17, 15) is 10.1 Å². The van der Waals surface area contributed by atoms with Crippen LogP contribution in [0.25, 0.3) is 22.1 Å². The summed E-state index contributed by atoms with van der Waals surface area (Å²) in [7, 11) is 1.80. The third kappa shape index (κ3) is 2.05. The highest BCUT2D eigenvalue weighted by Gasteiger charge is 2.85. The zero-order valence-corrected chi connectivity index (χ0v) is 19.6. The molecule has 0 aliphatic heterocycles. The summed E-state index contributed by atoms with van der Waals surface area (Å²) in [6, 6.07) is 6.69. The fraction of sp³-hybridized carbons (Fsp3) is 0.462. The quantitative estimate of drug-likeness (QED) is 0.493. The van der Waals surface area contributed by atoms with Crippen LogP contribution >= 0.6 is 0 Å². The van der Waals surface area contributed by atoms with Crippen LogP contribution in [0.1, 0.15) is 37.7 Å². The van der Waals surface area contributed by atoms with Crippen molar-refractivity contribution in [3.05, 3.63) is 46.9 Å². The van der Waals surface area contributed by atoms with Crippen molar-refractivity contribution in [3.63, 3.8) is 0 Å². The molecule has 2 atom stereocenters. The number of anilines is 2. The molecule has 0 amide bonds. The van der Waals surface area contributed by atoms with E-state index in [2.05, 4.69) is 26.3 Å². The van der Waals surface area contributed by atoms with Gasteiger partial charge in [-0.15, -0.1) is 0 Å². The van der Waals surface area contributed by atoms with Crippen molar-refractivity contribution in [1.82, 2.24) is 29.1 Å². The number of benzene rings is 1. The predicted octanol–water partition coefficient (Wildman–Crippen LogP) is 3.55. The highest BCUT2D eigenvalue weighted by Crippen LogP contribution is 2.88. The predicted molar refractivity (Wildman–Crippen MR) is 129 cm³/mol. The van der Waals surface area contributed by atoms with Gasteiger partial charge in [0.2, 0.25) is 5.95 Å². The smallest absolute Gasteiger partial charge is 0.324 e. The van der Waals surface area contributed by atoms with E-state index in [0.29, 0.717) is 23.4 Å². The third-order valence-electron chi connectivity index (χ3n) is 10.00. The van der Waals surface area contributed by atoms with Gasteiger partial charge >= 0.3 is 5.69 Å². The largest absolute Gasteiger partial charge is 0.330 e. The minimum Gasteiger partial charge on any atom is -0.324 e. The van der Waals surface area contributed by atoms with Crippen LogP contribution in [0.2, 0.25) is 0 Å². The molecule has 3 aromatic heterocycles. The summed E-state index contributed by atoms with van der Waals surface area (Å²) < 4.78 is 3.63. The second kappa shape index (κ2) is 5.88. The number of aryl methyl sites for hydroxylation is 2. The van der Waals surface area contributed by atoms with Gasteiger partial charge in [-0.25, -0.2) is 19.7 Å². The van der Waals surface area contributed by atoms with Crippen molar-refractivity contribution in [3.8, 4) is 6.07 Å². The molecule has 1 aromatic carbocycles. The lowest BCUT2D eigenvalue weighted by atomic mass is 9.31. The van der Waals surface area contributed by atoms with Crippen molar-refractivity contribution in [2.45, 2.75) is 44.6 Å². The molecule has 4 aliphatic carbocycles. The minimum absolute atomic E-state index is 0.0351. The van der Waals surface area contributed by atoms with E-state index in [1.54, 1.807) is 30.3 Å². The van der Waals surface area contributed by atoms with Gasteiger partial charge < -0.3 is 5.32 Å². The van der Waals surface area contributed by atoms with Crippen LogP contribution in [-0.4, -0.2) is 29.1 Å². The van der Waals surface area contributed by atoms with Gasteiger partial charge in [0.15, 0.2) is 5.65 Å². The van der Waals surface area contributed by atoms with Crippen LogP contribution in [0.4, 0.5) is 11.6 Å². The van der Waals surface area contributed by atoms with Crippen LogP contribution < -0.4 is 11.0 Å². The maximum atomic E-state index is 13.6. The fourth-order valence-corrected chi connectivity index (χ4v) is 8.62. The van der Waals surface area contributed by atoms with E-state index in [4.69, 9.17) is 4.98 Å². The minimum atomic E-state index is -0.247. The third-order valence-corrected chi connectivity index (χ3v) is 10.00. The van der Waals surface area contributed by atoms with E-state index in [-0.39, 0.29) is 22.1 Å². The summed E-state index contributed by atoms with van der Waals surface area (Å²) in [6.07, 6.45) is 9.94. The number of hydrogen-bond donors (Lipinski definition) is 1. The Hall–Kier alpha value is -3.80. The molecule has 1 spiro atoms. The number of aromatic nitrogens is 6. The summed E-state index contributed by atoms with van der Waals surface area (Å²) in [4.78, 5) is 31.5. The molecule has 8 rings (SSSR count). The molecule has 4 aliphatic rings. The number of rotatable bonds is 3. The van der Waals surface area contributed by atoms with Crippen LogP contribution in [-0.2, 0) is 12.6 Å². The molecule has 4 fully saturated rings. The standard InChI is InChI=1S/C26H24N8O/c1-14-3-19-15(9-28-13-30-19)4-18(14)31-22-29-10-20-21(32-22)34(23(35)33(20)2)25-7-16-5-24(12-27)6-17(8-25)26(16,24)11-25/h3-4,9-10,13,16-17H,5-8,11H2,1-2H3,(H,29,31,32). The average molecular weight is 465 g/mol. The molecule has 0 saturated heterocycles. The molecule has 4 saturated carbocycles. The molecule has 35 heavy (non-hydrogen) atoms. The monoisotopic (exact) mass is 464 g/mol. The molecule has 9 heteroatoms. The Morgan fingerprint density at radius 2 is 1.94 bits per heavy atom. The van der Waals surface area contributed by atoms with Crippen LogP contribution in [0.15, 0.2) is 35.6 Å². The van der Waals surface area contributed by atoms with Gasteiger partial charge in [0, 0.05) is 24.3 Å². The second-order valence-electron chi connectivity index (χ2n) is 11.3. The Morgan fingerprint density at radius 3 is 2.71 bits per heavy atom. The summed E-state index contributed by atoms with van der Waals surface area (Å²) >= 11 is 0. The van der Waals surface area contributed by atoms with Gasteiger partial charge in [-0.1, -0.05) is 0 Å². The number of hydrogen-bond acceptors (Lipinski definition) is 7. The van der Waals surface area contributed by atoms with Crippen molar-refractivity contribution in [2.24, 2.45) is 29.7 Å². The molecule has 0 radical (unpaired) electrons. The summed E-state index contributed by atoms with van der Waals surface area (Å²) in [5, 5.41) is 14.2. The second-order valence-corrected chi connectivity index (χ2v) is 11.3. The highest BCUT2D eigenvalue weighted by molar-refractivity contribution is 5.84. The first kappa shape index (κ1) is 19.5. The molecule has 4 aromatic rings. The Balaban J connectivity index is 1.24. The van der Waals surface area contributed by atoms with E-state index in [1.807, 2.05) is 23.6 Å². The first-order valence-corrected chi connectivity index (χ1v) is 12.2. The molecule has 174 valence electrons. The van der Waals surface area contributed by atoms with Crippen molar-refractivity contribution < 1.29 is 0 Å². The lowest BCUT2D eigenvalue weighted by Crippen LogP contribution is -2.67. The van der Waals surface area contributed by atoms with E-state index < -0.39 is 0 Å². The molecule has 2 bridgehead atoms. The average Bonchev–Trinajstić information content (AvgIpc) is 3.41. The van der Waals surface area contributed by atoms with Crippen LogP contribution in [0, 0.1) is 40.9 Å². The zero-order valence-electron chi connectivity index (χ0n) is 19.6. The topological polar surface area (TPSA) is 114 Å². The van der Waals surface area contributed by atoms with Gasteiger partial charge in [0.05, 0.1) is 28.7 Å². The van der Waals surface area contributed by atoms with Crippen molar-refractivity contribution in [1.29, 1.82) is 5.26 Å². The lowest BCUT2D eigenvalue weighted by molar-refractivity contribution is -0.226. The van der Waals surface area contributed by atoms with Crippen LogP contribution in [0.3, 0.4) is 0 Å². The molecular formula is C26H24N8O. The SMILES string of the molecule is Cc1cc2ncncc2cc1Nc1ncc2c(n1)n(C13CC4CC5(C#N)CC(C1)C45C3)c(=O)n2C. The molecule has 1 N–H and O–H groups in total. The first-order chi connectivity index (χ1) is 16.9. The summed E-state index contributed by atoms with van der Waals surface area (Å²) in [5.74, 6) is 1.57. The zero-order chi connectivity index (χ0) is 23.7. The first-order valence-electron chi connectivity index (χ1n) is 12.2. The maximum absolute atomic E-state index is 13.6. The Labute approximate surface area is 200 Å². The van der Waals surface area contributed by atoms with Gasteiger partial charge in [-0.3, -0.25) is 9.13 Å². The summed E-state index contributed by atoms with van der Waals surface area (Å²) in [6.45, 7) is 2.02. The van der Waals surface area contributed by atoms with E-state index >= 15 is 0 Å². The number of imidazole rings is 1. The number of nitriles is 1. The van der Waals surface area contributed by atoms with Crippen molar-refractivity contribution >= 4 is 33.7 Å². The number of fused-ring (bicyclic) bond motifs is 3. The molecule has 3 heterocycles. The molecular weight excluding hydrogens is 440 g/mol. The molecule has 9 nitrogen and oxygen atoms in total. The normalized spacial score (nSPS) is 33.9. The number of nitrogens with one attached hydrogen (secondary N) is 1. The van der Waals surface area contributed by atoms with E-state index in [0.717, 1.165) is 59.8 Å². The fourth-order valence-electron chi connectivity index (χ4n) is 8.62. The Morgan fingerprint density at radius 1 is 1.14 bits per heavy atom. The highest BCUT2D eigenvalue weighted by atomic mass is 16.2. The van der Waals surface area contributed by atoms with Gasteiger partial charge in [0.1, 0.15) is 11.8 Å². The van der Waals surface area contributed by atoms with E-state index in [1.165, 1.54) is 0 Å². The number of nitrogens with zero attached hydrogens (tertiary/aromatic N) is 7. The summed E-state index contributed by atoms with van der Waals surface area (Å²) in [5.41, 5.74) is 3.90. The van der Waals surface area contributed by atoms with Gasteiger partial charge in [-0.2, -0.15) is 10.2 Å². The Kier molecular flexibility index (Phi) is 3.27. The van der Waals surface area contributed by atoms with Gasteiger partial charge in [0.25, 0.3) is 0 Å². The molecule has 2 unspecified atom stereocenters.